The molecule has 1 aromatic rings. The van der Waals surface area contributed by atoms with Gasteiger partial charge in [0.1, 0.15) is 12.6 Å². The summed E-state index contributed by atoms with van der Waals surface area (Å²) in [5.74, 6) is -1.45. The highest BCUT2D eigenvalue weighted by Crippen LogP contribution is 2.13. The average molecular weight is 369 g/mol. The Hall–Kier alpha value is -2.48. The number of nitrogens with zero attached hydrogens (tertiary/aromatic N) is 1. The fourth-order valence-electron chi connectivity index (χ4n) is 1.74. The lowest BCUT2D eigenvalue weighted by Gasteiger charge is -2.14. The molecule has 0 bridgehead atoms. The van der Waals surface area contributed by atoms with Gasteiger partial charge in [-0.2, -0.15) is 9.98 Å². The summed E-state index contributed by atoms with van der Waals surface area (Å²) in [6.45, 7) is 1.26. The van der Waals surface area contributed by atoms with Crippen molar-refractivity contribution in [1.29, 1.82) is 5.26 Å². The Morgan fingerprint density at radius 3 is 2.64 bits per heavy atom. The second-order valence-electron chi connectivity index (χ2n) is 4.85. The van der Waals surface area contributed by atoms with E-state index < -0.39 is 34.5 Å². The molecule has 0 aromatic heterocycles. The smallest absolute Gasteiger partial charge is 0.321 e. The minimum Gasteiger partial charge on any atom is -0.452 e. The van der Waals surface area contributed by atoms with Gasteiger partial charge >= 0.3 is 5.97 Å². The number of carbonyl (C=O) groups is 2. The molecule has 0 aliphatic carbocycles. The van der Waals surface area contributed by atoms with E-state index in [-0.39, 0.29) is 17.0 Å². The molecule has 0 unspecified atom stereocenters. The monoisotopic (exact) mass is 369 g/mol. The third-order valence-corrected chi connectivity index (χ3v) is 4.45. The van der Waals surface area contributed by atoms with Crippen LogP contribution in [0.2, 0.25) is 0 Å². The number of nitriles is 1. The fourth-order valence-corrected chi connectivity index (χ4v) is 2.86. The Kier molecular flexibility index (Phi) is 8.00. The number of esters is 1. The van der Waals surface area contributed by atoms with E-state index in [0.717, 1.165) is 0 Å². The van der Waals surface area contributed by atoms with Crippen LogP contribution in [0.5, 0.6) is 0 Å². The van der Waals surface area contributed by atoms with Crippen LogP contribution in [0.25, 0.3) is 0 Å². The van der Waals surface area contributed by atoms with Gasteiger partial charge in [-0.1, -0.05) is 12.1 Å². The highest BCUT2D eigenvalue weighted by molar-refractivity contribution is 7.89. The zero-order valence-electron chi connectivity index (χ0n) is 13.8. The molecule has 25 heavy (non-hydrogen) atoms. The van der Waals surface area contributed by atoms with E-state index in [9.17, 15) is 18.0 Å². The maximum Gasteiger partial charge on any atom is 0.321 e. The van der Waals surface area contributed by atoms with Gasteiger partial charge in [0.05, 0.1) is 17.1 Å². The molecule has 0 fully saturated rings. The van der Waals surface area contributed by atoms with Gasteiger partial charge in [0, 0.05) is 13.7 Å². The Morgan fingerprint density at radius 2 is 2.00 bits per heavy atom. The number of benzene rings is 1. The predicted octanol–water partition coefficient (Wildman–Crippen LogP) is -0.469. The number of methoxy groups -OCH3 is 1. The number of sulfonamides is 1. The third kappa shape index (κ3) is 6.50. The normalized spacial score (nSPS) is 12.0. The largest absolute Gasteiger partial charge is 0.452 e. The zero-order chi connectivity index (χ0) is 18.9. The number of amides is 1. The predicted molar refractivity (Wildman–Crippen MR) is 86.8 cm³/mol. The van der Waals surface area contributed by atoms with Crippen molar-refractivity contribution >= 4 is 21.9 Å². The standard InChI is InChI=1S/C15H19N3O6S/c1-11(15(20)17-7-8-23-2)24-14(19)10-18-25(21,22)13-6-4-3-5-12(13)9-16/h3-6,11,18H,7-8,10H2,1-2H3,(H,17,20)/t11-/m1/s1. The third-order valence-electron chi connectivity index (χ3n) is 2.99. The van der Waals surface area contributed by atoms with Crippen molar-refractivity contribution in [3.05, 3.63) is 29.8 Å². The SMILES string of the molecule is COCCNC(=O)[C@@H](C)OC(=O)CNS(=O)(=O)c1ccccc1C#N. The van der Waals surface area contributed by atoms with Crippen LogP contribution in [0.4, 0.5) is 0 Å². The van der Waals surface area contributed by atoms with Gasteiger partial charge in [-0.3, -0.25) is 9.59 Å². The van der Waals surface area contributed by atoms with E-state index in [2.05, 4.69) is 5.32 Å². The van der Waals surface area contributed by atoms with Crippen molar-refractivity contribution in [2.24, 2.45) is 0 Å². The van der Waals surface area contributed by atoms with E-state index in [4.69, 9.17) is 14.7 Å². The van der Waals surface area contributed by atoms with Crippen molar-refractivity contribution in [3.8, 4) is 6.07 Å². The number of carbonyl (C=O) groups excluding carboxylic acids is 2. The van der Waals surface area contributed by atoms with Gasteiger partial charge in [0.2, 0.25) is 10.0 Å². The molecule has 0 spiro atoms. The number of rotatable bonds is 9. The second-order valence-corrected chi connectivity index (χ2v) is 6.58. The van der Waals surface area contributed by atoms with Crippen molar-refractivity contribution in [3.63, 3.8) is 0 Å². The quantitative estimate of drug-likeness (QED) is 0.444. The van der Waals surface area contributed by atoms with Crippen molar-refractivity contribution in [2.75, 3.05) is 26.8 Å². The molecule has 0 saturated heterocycles. The van der Waals surface area contributed by atoms with Crippen LogP contribution in [-0.2, 0) is 29.1 Å². The zero-order valence-corrected chi connectivity index (χ0v) is 14.6. The van der Waals surface area contributed by atoms with Gasteiger partial charge in [-0.25, -0.2) is 8.42 Å². The molecule has 1 amide bonds. The van der Waals surface area contributed by atoms with Gasteiger partial charge in [-0.15, -0.1) is 0 Å². The number of nitrogens with one attached hydrogen (secondary N) is 2. The molecule has 10 heteroatoms. The maximum atomic E-state index is 12.1. The molecule has 9 nitrogen and oxygen atoms in total. The summed E-state index contributed by atoms with van der Waals surface area (Å²) in [4.78, 5) is 23.1. The van der Waals surface area contributed by atoms with E-state index in [1.165, 1.54) is 38.3 Å². The molecular formula is C15H19N3O6S. The molecule has 1 aromatic carbocycles. The summed E-state index contributed by atoms with van der Waals surface area (Å²) in [6.07, 6.45) is -1.08. The van der Waals surface area contributed by atoms with Gasteiger partial charge < -0.3 is 14.8 Å². The van der Waals surface area contributed by atoms with Crippen LogP contribution < -0.4 is 10.0 Å². The Labute approximate surface area is 146 Å². The number of ether oxygens (including phenoxy) is 2. The van der Waals surface area contributed by atoms with Crippen molar-refractivity contribution in [2.45, 2.75) is 17.9 Å². The first kappa shape index (κ1) is 20.6. The summed E-state index contributed by atoms with van der Waals surface area (Å²) < 4.78 is 36.0. The van der Waals surface area contributed by atoms with Gasteiger partial charge in [0.25, 0.3) is 5.91 Å². The molecule has 0 radical (unpaired) electrons. The van der Waals surface area contributed by atoms with Crippen LogP contribution in [0, 0.1) is 11.3 Å². The Morgan fingerprint density at radius 1 is 1.32 bits per heavy atom. The lowest BCUT2D eigenvalue weighted by atomic mass is 10.2. The lowest BCUT2D eigenvalue weighted by molar-refractivity contribution is -0.153. The van der Waals surface area contributed by atoms with E-state index >= 15 is 0 Å². The highest BCUT2D eigenvalue weighted by atomic mass is 32.2. The Bertz CT molecular complexity index is 757. The van der Waals surface area contributed by atoms with Crippen LogP contribution in [0.1, 0.15) is 12.5 Å². The van der Waals surface area contributed by atoms with E-state index in [1.54, 1.807) is 6.07 Å². The van der Waals surface area contributed by atoms with Crippen molar-refractivity contribution in [1.82, 2.24) is 10.0 Å². The Balaban J connectivity index is 2.58. The number of hydrogen-bond acceptors (Lipinski definition) is 7. The summed E-state index contributed by atoms with van der Waals surface area (Å²) in [6, 6.07) is 7.34. The summed E-state index contributed by atoms with van der Waals surface area (Å²) in [5, 5.41) is 11.4. The second kappa shape index (κ2) is 9.73. The van der Waals surface area contributed by atoms with E-state index in [0.29, 0.717) is 6.61 Å². The molecule has 2 N–H and O–H groups in total. The van der Waals surface area contributed by atoms with Crippen molar-refractivity contribution < 1.29 is 27.5 Å². The minimum atomic E-state index is -4.06. The minimum absolute atomic E-state index is 0.0470. The molecule has 136 valence electrons. The first-order chi connectivity index (χ1) is 11.8. The molecular weight excluding hydrogens is 350 g/mol. The van der Waals surface area contributed by atoms with Gasteiger partial charge in [-0.05, 0) is 19.1 Å². The fraction of sp³-hybridized carbons (Fsp3) is 0.400. The molecule has 1 rings (SSSR count). The topological polar surface area (TPSA) is 135 Å². The maximum absolute atomic E-state index is 12.1. The summed E-state index contributed by atoms with van der Waals surface area (Å²) in [7, 11) is -2.58. The lowest BCUT2D eigenvalue weighted by Crippen LogP contribution is -2.39. The van der Waals surface area contributed by atoms with Crippen LogP contribution in [0.3, 0.4) is 0 Å². The van der Waals surface area contributed by atoms with Gasteiger partial charge in [0.15, 0.2) is 6.10 Å². The molecule has 1 atom stereocenters. The summed E-state index contributed by atoms with van der Waals surface area (Å²) >= 11 is 0. The summed E-state index contributed by atoms with van der Waals surface area (Å²) in [5.41, 5.74) is -0.0470. The first-order valence-corrected chi connectivity index (χ1v) is 8.75. The van der Waals surface area contributed by atoms with E-state index in [1.807, 2.05) is 4.72 Å². The highest BCUT2D eigenvalue weighted by Gasteiger charge is 2.22. The van der Waals surface area contributed by atoms with Crippen LogP contribution in [0.15, 0.2) is 29.2 Å². The molecule has 0 saturated carbocycles. The van der Waals surface area contributed by atoms with Crippen LogP contribution >= 0.6 is 0 Å². The molecule has 0 aliphatic rings. The first-order valence-electron chi connectivity index (χ1n) is 7.26. The molecule has 0 heterocycles. The average Bonchev–Trinajstić information content (AvgIpc) is 2.60. The molecule has 0 aliphatic heterocycles. The number of hydrogen-bond donors (Lipinski definition) is 2. The van der Waals surface area contributed by atoms with Crippen LogP contribution in [-0.4, -0.2) is 53.2 Å².